The van der Waals surface area contributed by atoms with Gasteiger partial charge >= 0.3 is 5.76 Å². The lowest BCUT2D eigenvalue weighted by Crippen LogP contribution is -2.19. The number of nitrogens with zero attached hydrogens (tertiary/aromatic N) is 1. The molecule has 0 radical (unpaired) electrons. The number of oxazole rings is 1. The number of carbonyl (C=O) groups is 1. The molecule has 0 fully saturated rings. The van der Waals surface area contributed by atoms with Crippen LogP contribution in [0.25, 0.3) is 11.1 Å². The zero-order valence-corrected chi connectivity index (χ0v) is 12.2. The summed E-state index contributed by atoms with van der Waals surface area (Å²) in [6.45, 7) is 1.86. The van der Waals surface area contributed by atoms with Gasteiger partial charge in [-0.05, 0) is 31.5 Å². The van der Waals surface area contributed by atoms with E-state index in [9.17, 15) is 9.59 Å². The Morgan fingerprint density at radius 2 is 2.20 bits per heavy atom. The van der Waals surface area contributed by atoms with Gasteiger partial charge in [0.25, 0.3) is 0 Å². The highest BCUT2D eigenvalue weighted by molar-refractivity contribution is 5.92. The number of hydrogen-bond acceptors (Lipinski definition) is 4. The minimum Gasteiger partial charge on any atom is -0.408 e. The van der Waals surface area contributed by atoms with Gasteiger partial charge in [-0.3, -0.25) is 9.36 Å². The summed E-state index contributed by atoms with van der Waals surface area (Å²) in [6.07, 6.45) is 1.01. The molecule has 3 N–H and O–H groups in total. The third-order valence-corrected chi connectivity index (χ3v) is 2.90. The van der Waals surface area contributed by atoms with Gasteiger partial charge < -0.3 is 15.5 Å². The van der Waals surface area contributed by atoms with Gasteiger partial charge in [0.15, 0.2) is 5.58 Å². The number of aromatic nitrogens is 1. The van der Waals surface area contributed by atoms with Crippen molar-refractivity contribution in [2.45, 2.75) is 25.8 Å². The van der Waals surface area contributed by atoms with E-state index in [0.29, 0.717) is 29.6 Å². The SMILES string of the molecule is CC(N)CCC(=O)Nc1ccc2oc(=O)n(C)c2c1.Cl. The van der Waals surface area contributed by atoms with Gasteiger partial charge in [0.1, 0.15) is 0 Å². The van der Waals surface area contributed by atoms with Crippen molar-refractivity contribution in [1.82, 2.24) is 4.57 Å². The van der Waals surface area contributed by atoms with Crippen molar-refractivity contribution >= 4 is 35.1 Å². The van der Waals surface area contributed by atoms with E-state index in [1.54, 1.807) is 25.2 Å². The molecule has 20 heavy (non-hydrogen) atoms. The number of hydrogen-bond donors (Lipinski definition) is 2. The van der Waals surface area contributed by atoms with E-state index in [2.05, 4.69) is 5.32 Å². The highest BCUT2D eigenvalue weighted by Gasteiger charge is 2.08. The molecule has 0 aliphatic rings. The van der Waals surface area contributed by atoms with E-state index < -0.39 is 5.76 Å². The molecule has 0 bridgehead atoms. The van der Waals surface area contributed by atoms with E-state index in [4.69, 9.17) is 10.2 Å². The lowest BCUT2D eigenvalue weighted by Gasteiger charge is -2.07. The maximum Gasteiger partial charge on any atom is 0.419 e. The molecular weight excluding hydrogens is 282 g/mol. The van der Waals surface area contributed by atoms with Crippen LogP contribution in [0, 0.1) is 0 Å². The van der Waals surface area contributed by atoms with Gasteiger partial charge in [-0.2, -0.15) is 0 Å². The molecule has 0 aliphatic carbocycles. The quantitative estimate of drug-likeness (QED) is 0.897. The summed E-state index contributed by atoms with van der Waals surface area (Å²) in [5, 5.41) is 2.77. The minimum absolute atomic E-state index is 0. The summed E-state index contributed by atoms with van der Waals surface area (Å²) < 4.78 is 6.41. The predicted octanol–water partition coefficient (Wildman–Crippen LogP) is 1.62. The highest BCUT2D eigenvalue weighted by atomic mass is 35.5. The van der Waals surface area contributed by atoms with Crippen LogP contribution >= 0.6 is 12.4 Å². The molecule has 0 spiro atoms. The maximum atomic E-state index is 11.7. The first-order valence-electron chi connectivity index (χ1n) is 6.12. The van der Waals surface area contributed by atoms with Gasteiger partial charge in [0.05, 0.1) is 5.52 Å². The lowest BCUT2D eigenvalue weighted by molar-refractivity contribution is -0.116. The smallest absolute Gasteiger partial charge is 0.408 e. The molecular formula is C13H18ClN3O3. The Kier molecular flexibility index (Phi) is 5.35. The maximum absolute atomic E-state index is 11.7. The summed E-state index contributed by atoms with van der Waals surface area (Å²) >= 11 is 0. The molecule has 1 amide bonds. The Labute approximate surface area is 122 Å². The standard InChI is InChI=1S/C13H17N3O3.ClH/c1-8(14)3-6-12(17)15-9-4-5-11-10(7-9)16(2)13(18)19-11;/h4-5,7-8H,3,6,14H2,1-2H3,(H,15,17);1H. The fraction of sp³-hybridized carbons (Fsp3) is 0.385. The average Bonchev–Trinajstić information content (AvgIpc) is 2.63. The number of rotatable bonds is 4. The molecule has 1 aromatic heterocycles. The number of carbonyl (C=O) groups excluding carboxylic acids is 1. The first-order chi connectivity index (χ1) is 8.97. The Hall–Kier alpha value is -1.79. The molecule has 1 unspecified atom stereocenters. The largest absolute Gasteiger partial charge is 0.419 e. The van der Waals surface area contributed by atoms with Crippen molar-refractivity contribution in [2.24, 2.45) is 12.8 Å². The van der Waals surface area contributed by atoms with Crippen molar-refractivity contribution in [1.29, 1.82) is 0 Å². The number of aryl methyl sites for hydroxylation is 1. The Bertz CT molecular complexity index is 660. The number of nitrogens with one attached hydrogen (secondary N) is 1. The summed E-state index contributed by atoms with van der Waals surface area (Å²) in [5.41, 5.74) is 7.39. The number of nitrogens with two attached hydrogens (primary N) is 1. The second-order valence-electron chi connectivity index (χ2n) is 4.67. The first-order valence-corrected chi connectivity index (χ1v) is 6.12. The second-order valence-corrected chi connectivity index (χ2v) is 4.67. The van der Waals surface area contributed by atoms with Gasteiger partial charge in [0, 0.05) is 25.2 Å². The number of amides is 1. The van der Waals surface area contributed by atoms with Crippen molar-refractivity contribution in [3.8, 4) is 0 Å². The Balaban J connectivity index is 0.00000200. The lowest BCUT2D eigenvalue weighted by atomic mass is 10.2. The molecule has 110 valence electrons. The summed E-state index contributed by atoms with van der Waals surface area (Å²) in [6, 6.07) is 5.08. The van der Waals surface area contributed by atoms with Crippen molar-refractivity contribution in [3.05, 3.63) is 28.7 Å². The van der Waals surface area contributed by atoms with E-state index >= 15 is 0 Å². The summed E-state index contributed by atoms with van der Waals surface area (Å²) in [7, 11) is 1.62. The molecule has 6 nitrogen and oxygen atoms in total. The van der Waals surface area contributed by atoms with Crippen molar-refractivity contribution in [2.75, 3.05) is 5.32 Å². The Morgan fingerprint density at radius 3 is 2.85 bits per heavy atom. The molecule has 0 aliphatic heterocycles. The fourth-order valence-corrected chi connectivity index (χ4v) is 1.79. The molecule has 1 heterocycles. The van der Waals surface area contributed by atoms with E-state index in [1.165, 1.54) is 4.57 Å². The molecule has 2 aromatic rings. The monoisotopic (exact) mass is 299 g/mol. The number of anilines is 1. The topological polar surface area (TPSA) is 90.3 Å². The van der Waals surface area contributed by atoms with Crippen LogP contribution in [0.4, 0.5) is 5.69 Å². The number of benzene rings is 1. The predicted molar refractivity (Wildman–Crippen MR) is 80.2 cm³/mol. The third-order valence-electron chi connectivity index (χ3n) is 2.90. The zero-order valence-electron chi connectivity index (χ0n) is 11.4. The highest BCUT2D eigenvalue weighted by Crippen LogP contribution is 2.18. The molecule has 1 atom stereocenters. The van der Waals surface area contributed by atoms with Crippen molar-refractivity contribution in [3.63, 3.8) is 0 Å². The van der Waals surface area contributed by atoms with Crippen LogP contribution in [-0.2, 0) is 11.8 Å². The molecule has 2 rings (SSSR count). The summed E-state index contributed by atoms with van der Waals surface area (Å²) in [4.78, 5) is 23.0. The Morgan fingerprint density at radius 1 is 1.50 bits per heavy atom. The van der Waals surface area contributed by atoms with Gasteiger partial charge in [0.2, 0.25) is 5.91 Å². The van der Waals surface area contributed by atoms with Gasteiger partial charge in [-0.25, -0.2) is 4.79 Å². The van der Waals surface area contributed by atoms with E-state index in [0.717, 1.165) is 0 Å². The molecule has 0 saturated heterocycles. The molecule has 7 heteroatoms. The van der Waals surface area contributed by atoms with Gasteiger partial charge in [-0.1, -0.05) is 0 Å². The average molecular weight is 300 g/mol. The molecule has 1 aromatic carbocycles. The van der Waals surface area contributed by atoms with Crippen molar-refractivity contribution < 1.29 is 9.21 Å². The van der Waals surface area contributed by atoms with Crippen LogP contribution in [0.1, 0.15) is 19.8 Å². The zero-order chi connectivity index (χ0) is 14.0. The van der Waals surface area contributed by atoms with Crippen LogP contribution in [-0.4, -0.2) is 16.5 Å². The van der Waals surface area contributed by atoms with Crippen LogP contribution in [0.2, 0.25) is 0 Å². The second kappa shape index (κ2) is 6.58. The molecule has 0 saturated carbocycles. The van der Waals surface area contributed by atoms with Crippen LogP contribution in [0.3, 0.4) is 0 Å². The minimum atomic E-state index is -0.421. The normalized spacial score (nSPS) is 11.9. The number of halogens is 1. The fourth-order valence-electron chi connectivity index (χ4n) is 1.79. The van der Waals surface area contributed by atoms with E-state index in [-0.39, 0.29) is 24.4 Å². The van der Waals surface area contributed by atoms with Crippen LogP contribution in [0.15, 0.2) is 27.4 Å². The number of fused-ring (bicyclic) bond motifs is 1. The van der Waals surface area contributed by atoms with Crippen LogP contribution < -0.4 is 16.8 Å². The first kappa shape index (κ1) is 16.3. The summed E-state index contributed by atoms with van der Waals surface area (Å²) in [5.74, 6) is -0.513. The van der Waals surface area contributed by atoms with Gasteiger partial charge in [-0.15, -0.1) is 12.4 Å². The van der Waals surface area contributed by atoms with E-state index in [1.807, 2.05) is 6.92 Å². The van der Waals surface area contributed by atoms with Crippen LogP contribution in [0.5, 0.6) is 0 Å². The third kappa shape index (κ3) is 3.61.